The molecule has 0 saturated carbocycles. The zero-order valence-corrected chi connectivity index (χ0v) is 12.0. The summed E-state index contributed by atoms with van der Waals surface area (Å²) in [5.74, 6) is 0. The van der Waals surface area contributed by atoms with E-state index in [1.165, 1.54) is 43.9 Å². The number of piperidine rings is 1. The molecule has 2 rings (SSSR count). The molecule has 0 amide bonds. The van der Waals surface area contributed by atoms with Crippen LogP contribution < -0.4 is 5.32 Å². The smallest absolute Gasteiger partial charge is 0.107 e. The summed E-state index contributed by atoms with van der Waals surface area (Å²) in [6, 6.07) is 0.755. The summed E-state index contributed by atoms with van der Waals surface area (Å²) in [7, 11) is 0. The summed E-state index contributed by atoms with van der Waals surface area (Å²) in [5.41, 5.74) is 0. The normalized spacial score (nSPS) is 17.1. The van der Waals surface area contributed by atoms with Gasteiger partial charge in [-0.25, -0.2) is 4.98 Å². The zero-order chi connectivity index (χ0) is 11.2. The topological polar surface area (TPSA) is 28.2 Å². The second kappa shape index (κ2) is 8.03. The van der Waals surface area contributed by atoms with E-state index in [2.05, 4.69) is 27.5 Å². The van der Waals surface area contributed by atoms with Gasteiger partial charge in [-0.3, -0.25) is 4.90 Å². The Morgan fingerprint density at radius 3 is 2.82 bits per heavy atom. The fourth-order valence-corrected chi connectivity index (χ4v) is 3.00. The van der Waals surface area contributed by atoms with Crippen LogP contribution >= 0.6 is 23.7 Å². The third-order valence-corrected chi connectivity index (χ3v) is 3.92. The Balaban J connectivity index is 0.00000144. The summed E-state index contributed by atoms with van der Waals surface area (Å²) in [6.45, 7) is 6.84. The van der Waals surface area contributed by atoms with Gasteiger partial charge in [0.25, 0.3) is 0 Å². The molecule has 1 aliphatic rings. The van der Waals surface area contributed by atoms with Crippen LogP contribution in [0.5, 0.6) is 0 Å². The number of nitrogens with zero attached hydrogens (tertiary/aromatic N) is 2. The third-order valence-electron chi connectivity index (χ3n) is 3.16. The molecule has 0 aliphatic carbocycles. The van der Waals surface area contributed by atoms with Crippen LogP contribution in [-0.4, -0.2) is 35.6 Å². The highest BCUT2D eigenvalue weighted by Gasteiger charge is 2.20. The fourth-order valence-electron chi connectivity index (χ4n) is 2.35. The van der Waals surface area contributed by atoms with Gasteiger partial charge in [0, 0.05) is 17.6 Å². The van der Waals surface area contributed by atoms with Gasteiger partial charge < -0.3 is 5.32 Å². The second-order valence-electron chi connectivity index (χ2n) is 4.38. The number of hydrogen-bond acceptors (Lipinski definition) is 4. The molecule has 1 saturated heterocycles. The quantitative estimate of drug-likeness (QED) is 0.895. The number of halogens is 1. The summed E-state index contributed by atoms with van der Waals surface area (Å²) < 4.78 is 0. The first kappa shape index (κ1) is 14.9. The van der Waals surface area contributed by atoms with Crippen LogP contribution in [0.2, 0.25) is 0 Å². The lowest BCUT2D eigenvalue weighted by Crippen LogP contribution is -2.43. The lowest BCUT2D eigenvalue weighted by Gasteiger charge is -2.33. The van der Waals surface area contributed by atoms with Gasteiger partial charge in [-0.15, -0.1) is 23.7 Å². The van der Waals surface area contributed by atoms with Crippen molar-refractivity contribution in [1.29, 1.82) is 0 Å². The third kappa shape index (κ3) is 4.54. The number of thiazole rings is 1. The van der Waals surface area contributed by atoms with Crippen molar-refractivity contribution < 1.29 is 0 Å². The van der Waals surface area contributed by atoms with Crippen molar-refractivity contribution in [2.75, 3.05) is 19.6 Å². The number of aromatic nitrogens is 1. The molecule has 0 atom stereocenters. The minimum absolute atomic E-state index is 0. The zero-order valence-electron chi connectivity index (χ0n) is 10.4. The van der Waals surface area contributed by atoms with Gasteiger partial charge in [0.2, 0.25) is 0 Å². The van der Waals surface area contributed by atoms with Gasteiger partial charge in [-0.2, -0.15) is 0 Å². The summed E-state index contributed by atoms with van der Waals surface area (Å²) in [6.07, 6.45) is 5.71. The highest BCUT2D eigenvalue weighted by Crippen LogP contribution is 2.17. The first-order valence-electron chi connectivity index (χ1n) is 6.23. The Labute approximate surface area is 114 Å². The van der Waals surface area contributed by atoms with E-state index in [9.17, 15) is 0 Å². The highest BCUT2D eigenvalue weighted by molar-refractivity contribution is 7.09. The van der Waals surface area contributed by atoms with Crippen LogP contribution in [0, 0.1) is 0 Å². The van der Waals surface area contributed by atoms with Crippen molar-refractivity contribution in [3.05, 3.63) is 16.6 Å². The summed E-state index contributed by atoms with van der Waals surface area (Å²) in [5, 5.41) is 6.76. The van der Waals surface area contributed by atoms with Gasteiger partial charge in [-0.05, 0) is 38.9 Å². The van der Waals surface area contributed by atoms with Crippen LogP contribution in [0.1, 0.15) is 31.2 Å². The largest absolute Gasteiger partial charge is 0.317 e. The Bertz CT molecular complexity index is 286. The summed E-state index contributed by atoms with van der Waals surface area (Å²) in [4.78, 5) is 7.01. The van der Waals surface area contributed by atoms with Crippen LogP contribution in [0.25, 0.3) is 0 Å². The summed E-state index contributed by atoms with van der Waals surface area (Å²) >= 11 is 1.77. The molecule has 1 aromatic heterocycles. The molecule has 1 aliphatic heterocycles. The van der Waals surface area contributed by atoms with Crippen molar-refractivity contribution in [3.63, 3.8) is 0 Å². The van der Waals surface area contributed by atoms with Crippen molar-refractivity contribution in [3.8, 4) is 0 Å². The van der Waals surface area contributed by atoms with Crippen molar-refractivity contribution in [1.82, 2.24) is 15.2 Å². The molecule has 3 nitrogen and oxygen atoms in total. The van der Waals surface area contributed by atoms with Gasteiger partial charge in [0.15, 0.2) is 0 Å². The number of hydrogen-bond donors (Lipinski definition) is 1. The Hall–Kier alpha value is -0.160. The lowest BCUT2D eigenvalue weighted by atomic mass is 10.0. The first-order valence-corrected chi connectivity index (χ1v) is 7.11. The fraction of sp³-hybridized carbons (Fsp3) is 0.750. The Morgan fingerprint density at radius 1 is 1.47 bits per heavy atom. The van der Waals surface area contributed by atoms with Gasteiger partial charge in [-0.1, -0.05) is 6.92 Å². The molecule has 5 heteroatoms. The first-order chi connectivity index (χ1) is 7.90. The van der Waals surface area contributed by atoms with Crippen molar-refractivity contribution >= 4 is 23.7 Å². The van der Waals surface area contributed by atoms with E-state index in [0.29, 0.717) is 0 Å². The monoisotopic (exact) mass is 275 g/mol. The maximum atomic E-state index is 4.39. The molecule has 0 radical (unpaired) electrons. The molecule has 1 aromatic rings. The predicted octanol–water partition coefficient (Wildman–Crippen LogP) is 2.53. The van der Waals surface area contributed by atoms with Gasteiger partial charge >= 0.3 is 0 Å². The van der Waals surface area contributed by atoms with E-state index in [1.54, 1.807) is 11.3 Å². The van der Waals surface area contributed by atoms with E-state index in [0.717, 1.165) is 12.6 Å². The molecule has 98 valence electrons. The minimum atomic E-state index is 0. The molecule has 0 bridgehead atoms. The van der Waals surface area contributed by atoms with Gasteiger partial charge in [0.05, 0.1) is 6.54 Å². The van der Waals surface area contributed by atoms with Crippen LogP contribution in [0.4, 0.5) is 0 Å². The molecular formula is C12H22ClN3S. The molecule has 0 unspecified atom stereocenters. The average Bonchev–Trinajstić information content (AvgIpc) is 2.83. The highest BCUT2D eigenvalue weighted by atomic mass is 35.5. The van der Waals surface area contributed by atoms with Crippen LogP contribution in [0.15, 0.2) is 11.6 Å². The molecule has 1 N–H and O–H groups in total. The average molecular weight is 276 g/mol. The van der Waals surface area contributed by atoms with E-state index >= 15 is 0 Å². The minimum Gasteiger partial charge on any atom is -0.317 e. The predicted molar refractivity (Wildman–Crippen MR) is 76.0 cm³/mol. The standard InChI is InChI=1S/C12H21N3S.ClH/c1-2-8-15(10-12-14-7-9-16-12)11-3-5-13-6-4-11;/h7,9,11,13H,2-6,8,10H2,1H3;1H. The van der Waals surface area contributed by atoms with E-state index in [4.69, 9.17) is 0 Å². The van der Waals surface area contributed by atoms with E-state index in [1.807, 2.05) is 6.20 Å². The second-order valence-corrected chi connectivity index (χ2v) is 5.36. The molecule has 17 heavy (non-hydrogen) atoms. The van der Waals surface area contributed by atoms with Crippen molar-refractivity contribution in [2.45, 2.75) is 38.8 Å². The molecule has 2 heterocycles. The number of rotatable bonds is 5. The number of nitrogens with one attached hydrogen (secondary N) is 1. The molecular weight excluding hydrogens is 254 g/mol. The van der Waals surface area contributed by atoms with Gasteiger partial charge in [0.1, 0.15) is 5.01 Å². The van der Waals surface area contributed by atoms with Crippen LogP contribution in [0.3, 0.4) is 0 Å². The SMILES string of the molecule is CCCN(Cc1nccs1)C1CCNCC1.Cl. The lowest BCUT2D eigenvalue weighted by molar-refractivity contribution is 0.154. The molecule has 0 spiro atoms. The van der Waals surface area contributed by atoms with E-state index in [-0.39, 0.29) is 12.4 Å². The van der Waals surface area contributed by atoms with E-state index < -0.39 is 0 Å². The van der Waals surface area contributed by atoms with Crippen LogP contribution in [-0.2, 0) is 6.54 Å². The Morgan fingerprint density at radius 2 is 2.24 bits per heavy atom. The molecule has 0 aromatic carbocycles. The maximum absolute atomic E-state index is 4.39. The maximum Gasteiger partial charge on any atom is 0.107 e. The Kier molecular flexibility index (Phi) is 7.04. The molecule has 1 fully saturated rings. The van der Waals surface area contributed by atoms with Crippen molar-refractivity contribution in [2.24, 2.45) is 0 Å².